The molecule has 0 amide bonds. The first-order valence-corrected chi connectivity index (χ1v) is 8.99. The van der Waals surface area contributed by atoms with Crippen molar-refractivity contribution in [2.45, 2.75) is 6.54 Å². The van der Waals surface area contributed by atoms with Gasteiger partial charge in [-0.3, -0.25) is 5.01 Å². The lowest BCUT2D eigenvalue weighted by molar-refractivity contribution is -0.918. The van der Waals surface area contributed by atoms with E-state index in [-0.39, 0.29) is 0 Å². The Morgan fingerprint density at radius 3 is 2.65 bits per heavy atom. The maximum absolute atomic E-state index is 6.25. The zero-order chi connectivity index (χ0) is 16.1. The maximum Gasteiger partial charge on any atom is 0.104 e. The predicted molar refractivity (Wildman–Crippen MR) is 99.2 cm³/mol. The summed E-state index contributed by atoms with van der Waals surface area (Å²) in [5.41, 5.74) is 2.35. The van der Waals surface area contributed by atoms with Gasteiger partial charge in [-0.25, -0.2) is 0 Å². The minimum Gasteiger partial charge on any atom is -0.328 e. The number of piperazine rings is 1. The van der Waals surface area contributed by atoms with E-state index in [0.717, 1.165) is 47.8 Å². The number of nitrogens with one attached hydrogen (secondary N) is 1. The molecule has 1 aliphatic heterocycles. The van der Waals surface area contributed by atoms with Crippen molar-refractivity contribution in [3.8, 4) is 0 Å². The number of hydrogen-bond donors (Lipinski definition) is 1. The molecule has 120 valence electrons. The van der Waals surface area contributed by atoms with Gasteiger partial charge in [0, 0.05) is 15.1 Å². The van der Waals surface area contributed by atoms with Crippen molar-refractivity contribution in [1.82, 2.24) is 5.01 Å². The zero-order valence-electron chi connectivity index (χ0n) is 12.9. The third-order valence-corrected chi connectivity index (χ3v) is 4.93. The summed E-state index contributed by atoms with van der Waals surface area (Å²) in [7, 11) is 0. The molecular formula is C18H20BrClN3+. The van der Waals surface area contributed by atoms with Gasteiger partial charge >= 0.3 is 0 Å². The highest BCUT2D eigenvalue weighted by atomic mass is 79.9. The van der Waals surface area contributed by atoms with Gasteiger partial charge in [-0.15, -0.1) is 0 Å². The summed E-state index contributed by atoms with van der Waals surface area (Å²) in [4.78, 5) is 1.56. The number of nitrogens with zero attached hydrogens (tertiary/aromatic N) is 2. The van der Waals surface area contributed by atoms with Crippen molar-refractivity contribution in [2.75, 3.05) is 26.2 Å². The fourth-order valence-electron chi connectivity index (χ4n) is 2.75. The number of benzene rings is 2. The summed E-state index contributed by atoms with van der Waals surface area (Å²) in [5, 5.41) is 7.62. The van der Waals surface area contributed by atoms with Crippen LogP contribution >= 0.6 is 27.5 Å². The number of hydrazone groups is 1. The maximum atomic E-state index is 6.25. The molecule has 1 saturated heterocycles. The van der Waals surface area contributed by atoms with Crippen LogP contribution in [0.2, 0.25) is 5.02 Å². The molecule has 2 aromatic carbocycles. The zero-order valence-corrected chi connectivity index (χ0v) is 15.2. The molecule has 23 heavy (non-hydrogen) atoms. The van der Waals surface area contributed by atoms with Crippen molar-refractivity contribution in [3.63, 3.8) is 0 Å². The molecule has 3 nitrogen and oxygen atoms in total. The van der Waals surface area contributed by atoms with Gasteiger partial charge in [0.2, 0.25) is 0 Å². The van der Waals surface area contributed by atoms with Crippen LogP contribution in [0.5, 0.6) is 0 Å². The smallest absolute Gasteiger partial charge is 0.104 e. The molecule has 0 radical (unpaired) electrons. The van der Waals surface area contributed by atoms with Crippen molar-refractivity contribution >= 4 is 33.7 Å². The summed E-state index contributed by atoms with van der Waals surface area (Å²) in [6, 6.07) is 16.3. The highest BCUT2D eigenvalue weighted by Crippen LogP contribution is 2.13. The Morgan fingerprint density at radius 1 is 1.13 bits per heavy atom. The van der Waals surface area contributed by atoms with E-state index in [9.17, 15) is 0 Å². The Hall–Kier alpha value is -1.36. The Bertz CT molecular complexity index is 681. The average Bonchev–Trinajstić information content (AvgIpc) is 2.56. The number of rotatable bonds is 4. The lowest BCUT2D eigenvalue weighted by Gasteiger charge is -2.30. The van der Waals surface area contributed by atoms with E-state index >= 15 is 0 Å². The highest BCUT2D eigenvalue weighted by molar-refractivity contribution is 9.10. The highest BCUT2D eigenvalue weighted by Gasteiger charge is 2.19. The van der Waals surface area contributed by atoms with E-state index in [1.165, 1.54) is 5.56 Å². The third kappa shape index (κ3) is 4.80. The molecule has 0 spiro atoms. The molecule has 0 atom stereocenters. The molecule has 1 aliphatic rings. The first kappa shape index (κ1) is 16.5. The molecule has 1 heterocycles. The van der Waals surface area contributed by atoms with Crippen molar-refractivity contribution in [3.05, 3.63) is 69.2 Å². The van der Waals surface area contributed by atoms with Crippen LogP contribution in [0.1, 0.15) is 11.1 Å². The van der Waals surface area contributed by atoms with Crippen molar-refractivity contribution in [1.29, 1.82) is 0 Å². The van der Waals surface area contributed by atoms with Crippen LogP contribution in [-0.2, 0) is 6.54 Å². The van der Waals surface area contributed by atoms with Gasteiger partial charge in [0.05, 0.1) is 32.4 Å². The van der Waals surface area contributed by atoms with Crippen LogP contribution < -0.4 is 4.90 Å². The molecule has 3 rings (SSSR count). The van der Waals surface area contributed by atoms with Crippen LogP contribution in [0.25, 0.3) is 0 Å². The number of quaternary nitrogens is 1. The van der Waals surface area contributed by atoms with Gasteiger partial charge in [-0.2, -0.15) is 5.10 Å². The molecule has 0 saturated carbocycles. The summed E-state index contributed by atoms with van der Waals surface area (Å²) in [5.74, 6) is 0. The van der Waals surface area contributed by atoms with Gasteiger partial charge in [-0.1, -0.05) is 57.9 Å². The SMILES string of the molecule is Clc1ccccc1C[NH+]1CCN(/N=C\c2cccc(Br)c2)CC1. The van der Waals surface area contributed by atoms with Crippen LogP contribution in [-0.4, -0.2) is 37.4 Å². The quantitative estimate of drug-likeness (QED) is 0.792. The second-order valence-electron chi connectivity index (χ2n) is 5.77. The minimum absolute atomic E-state index is 0.870. The number of hydrogen-bond acceptors (Lipinski definition) is 2. The second-order valence-corrected chi connectivity index (χ2v) is 7.09. The van der Waals surface area contributed by atoms with E-state index in [1.54, 1.807) is 4.90 Å². The largest absolute Gasteiger partial charge is 0.328 e. The molecule has 5 heteroatoms. The summed E-state index contributed by atoms with van der Waals surface area (Å²) >= 11 is 9.74. The fourth-order valence-corrected chi connectivity index (χ4v) is 3.37. The Kier molecular flexibility index (Phi) is 5.70. The minimum atomic E-state index is 0.870. The van der Waals surface area contributed by atoms with Crippen LogP contribution in [0.3, 0.4) is 0 Å². The van der Waals surface area contributed by atoms with Gasteiger partial charge in [0.1, 0.15) is 6.54 Å². The summed E-state index contributed by atoms with van der Waals surface area (Å²) in [6.07, 6.45) is 1.93. The average molecular weight is 394 g/mol. The fraction of sp³-hybridized carbons (Fsp3) is 0.278. The molecule has 1 N–H and O–H groups in total. The Labute approximate surface area is 150 Å². The first-order valence-electron chi connectivity index (χ1n) is 7.82. The molecule has 0 unspecified atom stereocenters. The van der Waals surface area contributed by atoms with Gasteiger partial charge < -0.3 is 4.90 Å². The van der Waals surface area contributed by atoms with E-state index in [4.69, 9.17) is 11.6 Å². The van der Waals surface area contributed by atoms with Crippen LogP contribution in [0.4, 0.5) is 0 Å². The van der Waals surface area contributed by atoms with Crippen LogP contribution in [0.15, 0.2) is 58.1 Å². The number of halogens is 2. The lowest BCUT2D eigenvalue weighted by atomic mass is 10.2. The lowest BCUT2D eigenvalue weighted by Crippen LogP contribution is -3.13. The van der Waals surface area contributed by atoms with Crippen LogP contribution in [0, 0.1) is 0 Å². The molecule has 0 bridgehead atoms. The molecular weight excluding hydrogens is 374 g/mol. The van der Waals surface area contributed by atoms with Gasteiger partial charge in [-0.05, 0) is 23.8 Å². The second kappa shape index (κ2) is 7.95. The van der Waals surface area contributed by atoms with Gasteiger partial charge in [0.25, 0.3) is 0 Å². The van der Waals surface area contributed by atoms with E-state index in [0.29, 0.717) is 0 Å². The molecule has 1 fully saturated rings. The summed E-state index contributed by atoms with van der Waals surface area (Å²) < 4.78 is 1.08. The van der Waals surface area contributed by atoms with E-state index in [1.807, 2.05) is 30.5 Å². The standard InChI is InChI=1S/C18H19BrClN3/c19-17-6-3-4-15(12-17)13-21-23-10-8-22(9-11-23)14-16-5-1-2-7-18(16)20/h1-7,12-13H,8-11,14H2/p+1/b21-13-. The Balaban J connectivity index is 1.51. The monoisotopic (exact) mass is 392 g/mol. The molecule has 0 aromatic heterocycles. The topological polar surface area (TPSA) is 20.0 Å². The predicted octanol–water partition coefficient (Wildman–Crippen LogP) is 2.84. The molecule has 0 aliphatic carbocycles. The normalized spacial score (nSPS) is 16.2. The van der Waals surface area contributed by atoms with E-state index in [2.05, 4.69) is 50.3 Å². The van der Waals surface area contributed by atoms with Crippen molar-refractivity contribution < 1.29 is 4.90 Å². The van der Waals surface area contributed by atoms with E-state index < -0.39 is 0 Å². The third-order valence-electron chi connectivity index (χ3n) is 4.06. The van der Waals surface area contributed by atoms with Gasteiger partial charge in [0.15, 0.2) is 0 Å². The summed E-state index contributed by atoms with van der Waals surface area (Å²) in [6.45, 7) is 5.11. The Morgan fingerprint density at radius 2 is 1.91 bits per heavy atom. The molecule has 2 aromatic rings. The first-order chi connectivity index (χ1) is 11.2. The van der Waals surface area contributed by atoms with Crippen molar-refractivity contribution in [2.24, 2.45) is 5.10 Å².